The highest BCUT2D eigenvalue weighted by Gasteiger charge is 2.21. The van der Waals surface area contributed by atoms with Crippen LogP contribution in [0.5, 0.6) is 5.75 Å². The van der Waals surface area contributed by atoms with Gasteiger partial charge in [-0.05, 0) is 35.2 Å². The van der Waals surface area contributed by atoms with Crippen molar-refractivity contribution < 1.29 is 9.53 Å². The molecule has 0 saturated heterocycles. The van der Waals surface area contributed by atoms with Crippen molar-refractivity contribution in [1.82, 2.24) is 5.32 Å². The number of methoxy groups -OCH3 is 1. The minimum Gasteiger partial charge on any atom is -0.497 e. The quantitative estimate of drug-likeness (QED) is 0.697. The topological polar surface area (TPSA) is 38.3 Å². The number of ether oxygens (including phenoxy) is 1. The summed E-state index contributed by atoms with van der Waals surface area (Å²) in [6, 6.07) is 27.7. The zero-order valence-corrected chi connectivity index (χ0v) is 14.9. The first kappa shape index (κ1) is 17.7. The molecule has 0 fully saturated rings. The molecule has 0 saturated carbocycles. The Hall–Kier alpha value is -3.07. The summed E-state index contributed by atoms with van der Waals surface area (Å²) in [5.41, 5.74) is 3.13. The second kappa shape index (κ2) is 8.86. The van der Waals surface area contributed by atoms with Gasteiger partial charge in [-0.2, -0.15) is 0 Å². The summed E-state index contributed by atoms with van der Waals surface area (Å²) < 4.78 is 5.25. The molecule has 0 spiro atoms. The van der Waals surface area contributed by atoms with Gasteiger partial charge < -0.3 is 10.1 Å². The standard InChI is InChI=1S/C23H23NO2/c1-26-21-14-8-9-18(17-21)15-16-24-23(25)22(19-10-4-2-5-11-19)20-12-6-3-7-13-20/h2-14,17,22H,15-16H2,1H3,(H,24,25). The Bertz CT molecular complexity index is 792. The second-order valence-corrected chi connectivity index (χ2v) is 6.15. The largest absolute Gasteiger partial charge is 0.497 e. The minimum absolute atomic E-state index is 0.0188. The van der Waals surface area contributed by atoms with Crippen LogP contribution in [0.1, 0.15) is 22.6 Å². The van der Waals surface area contributed by atoms with Gasteiger partial charge in [-0.1, -0.05) is 72.8 Å². The first-order chi connectivity index (χ1) is 12.8. The third-order valence-electron chi connectivity index (χ3n) is 4.38. The Morgan fingerprint density at radius 1 is 0.885 bits per heavy atom. The Labute approximate surface area is 154 Å². The molecule has 0 heterocycles. The van der Waals surface area contributed by atoms with E-state index in [2.05, 4.69) is 5.32 Å². The number of benzene rings is 3. The molecule has 3 rings (SSSR count). The van der Waals surface area contributed by atoms with Crippen LogP contribution < -0.4 is 10.1 Å². The molecule has 26 heavy (non-hydrogen) atoms. The second-order valence-electron chi connectivity index (χ2n) is 6.15. The van der Waals surface area contributed by atoms with Crippen LogP contribution in [0.3, 0.4) is 0 Å². The van der Waals surface area contributed by atoms with Crippen molar-refractivity contribution >= 4 is 5.91 Å². The van der Waals surface area contributed by atoms with Crippen LogP contribution in [0.4, 0.5) is 0 Å². The summed E-state index contributed by atoms with van der Waals surface area (Å²) in [4.78, 5) is 12.9. The molecular formula is C23H23NO2. The summed E-state index contributed by atoms with van der Waals surface area (Å²) in [6.45, 7) is 0.585. The zero-order valence-electron chi connectivity index (χ0n) is 14.9. The van der Waals surface area contributed by atoms with Crippen molar-refractivity contribution in [2.75, 3.05) is 13.7 Å². The van der Waals surface area contributed by atoms with Gasteiger partial charge in [0, 0.05) is 6.54 Å². The van der Waals surface area contributed by atoms with E-state index in [1.807, 2.05) is 84.9 Å². The summed E-state index contributed by atoms with van der Waals surface area (Å²) in [5.74, 6) is 0.549. The minimum atomic E-state index is -0.303. The number of hydrogen-bond donors (Lipinski definition) is 1. The summed E-state index contributed by atoms with van der Waals surface area (Å²) in [6.07, 6.45) is 0.763. The predicted octanol–water partition coefficient (Wildman–Crippen LogP) is 4.19. The molecule has 1 N–H and O–H groups in total. The van der Waals surface area contributed by atoms with Gasteiger partial charge in [0.25, 0.3) is 0 Å². The van der Waals surface area contributed by atoms with E-state index in [0.717, 1.165) is 28.9 Å². The monoisotopic (exact) mass is 345 g/mol. The molecule has 3 nitrogen and oxygen atoms in total. The Morgan fingerprint density at radius 2 is 1.50 bits per heavy atom. The normalized spacial score (nSPS) is 10.5. The summed E-state index contributed by atoms with van der Waals surface area (Å²) >= 11 is 0. The van der Waals surface area contributed by atoms with Crippen molar-refractivity contribution in [1.29, 1.82) is 0 Å². The smallest absolute Gasteiger partial charge is 0.232 e. The number of rotatable bonds is 7. The third-order valence-corrected chi connectivity index (χ3v) is 4.38. The van der Waals surface area contributed by atoms with E-state index in [9.17, 15) is 4.79 Å². The van der Waals surface area contributed by atoms with Gasteiger partial charge in [0.05, 0.1) is 13.0 Å². The molecule has 132 valence electrons. The molecule has 0 unspecified atom stereocenters. The lowest BCUT2D eigenvalue weighted by molar-refractivity contribution is -0.121. The highest BCUT2D eigenvalue weighted by molar-refractivity contribution is 5.87. The molecule has 0 aromatic heterocycles. The first-order valence-electron chi connectivity index (χ1n) is 8.78. The first-order valence-corrected chi connectivity index (χ1v) is 8.78. The fraction of sp³-hybridized carbons (Fsp3) is 0.174. The summed E-state index contributed by atoms with van der Waals surface area (Å²) in [5, 5.41) is 3.09. The van der Waals surface area contributed by atoms with E-state index in [0.29, 0.717) is 6.54 Å². The molecule has 0 bridgehead atoms. The van der Waals surface area contributed by atoms with Crippen molar-refractivity contribution in [3.8, 4) is 5.75 Å². The van der Waals surface area contributed by atoms with Gasteiger partial charge >= 0.3 is 0 Å². The highest BCUT2D eigenvalue weighted by Crippen LogP contribution is 2.24. The van der Waals surface area contributed by atoms with Crippen molar-refractivity contribution in [3.63, 3.8) is 0 Å². The number of nitrogens with one attached hydrogen (secondary N) is 1. The van der Waals surface area contributed by atoms with Crippen LogP contribution in [0, 0.1) is 0 Å². The predicted molar refractivity (Wildman–Crippen MR) is 104 cm³/mol. The number of amides is 1. The maximum atomic E-state index is 12.9. The van der Waals surface area contributed by atoms with E-state index in [-0.39, 0.29) is 11.8 Å². The lowest BCUT2D eigenvalue weighted by Gasteiger charge is -2.18. The highest BCUT2D eigenvalue weighted by atomic mass is 16.5. The van der Waals surface area contributed by atoms with Crippen LogP contribution in [-0.4, -0.2) is 19.6 Å². The van der Waals surface area contributed by atoms with Gasteiger partial charge in [0.1, 0.15) is 5.75 Å². The molecule has 0 aliphatic carbocycles. The van der Waals surface area contributed by atoms with Gasteiger partial charge in [0.15, 0.2) is 0 Å². The number of hydrogen-bond acceptors (Lipinski definition) is 2. The molecule has 3 aromatic carbocycles. The van der Waals surface area contributed by atoms with Gasteiger partial charge in [0.2, 0.25) is 5.91 Å². The van der Waals surface area contributed by atoms with Crippen LogP contribution in [0.25, 0.3) is 0 Å². The molecule has 3 aromatic rings. The third kappa shape index (κ3) is 4.51. The lowest BCUT2D eigenvalue weighted by Crippen LogP contribution is -2.31. The molecule has 0 aliphatic heterocycles. The fourth-order valence-electron chi connectivity index (χ4n) is 3.05. The maximum absolute atomic E-state index is 12.9. The van der Waals surface area contributed by atoms with Gasteiger partial charge in [-0.25, -0.2) is 0 Å². The maximum Gasteiger partial charge on any atom is 0.232 e. The van der Waals surface area contributed by atoms with Crippen LogP contribution in [-0.2, 0) is 11.2 Å². The van der Waals surface area contributed by atoms with Gasteiger partial charge in [-0.3, -0.25) is 4.79 Å². The SMILES string of the molecule is COc1cccc(CCNC(=O)C(c2ccccc2)c2ccccc2)c1. The molecular weight excluding hydrogens is 322 g/mol. The van der Waals surface area contributed by atoms with Gasteiger partial charge in [-0.15, -0.1) is 0 Å². The molecule has 0 atom stereocenters. The number of carbonyl (C=O) groups excluding carboxylic acids is 1. The fourth-order valence-corrected chi connectivity index (χ4v) is 3.05. The van der Waals surface area contributed by atoms with Crippen LogP contribution >= 0.6 is 0 Å². The Morgan fingerprint density at radius 3 is 2.08 bits per heavy atom. The molecule has 1 amide bonds. The summed E-state index contributed by atoms with van der Waals surface area (Å²) in [7, 11) is 1.66. The Kier molecular flexibility index (Phi) is 6.05. The van der Waals surface area contributed by atoms with Crippen LogP contribution in [0.15, 0.2) is 84.9 Å². The Balaban J connectivity index is 1.70. The zero-order chi connectivity index (χ0) is 18.2. The van der Waals surface area contributed by atoms with E-state index in [1.54, 1.807) is 7.11 Å². The van der Waals surface area contributed by atoms with E-state index in [4.69, 9.17) is 4.74 Å². The van der Waals surface area contributed by atoms with Crippen molar-refractivity contribution in [2.45, 2.75) is 12.3 Å². The van der Waals surface area contributed by atoms with Crippen molar-refractivity contribution in [3.05, 3.63) is 102 Å². The molecule has 0 aliphatic rings. The molecule has 0 radical (unpaired) electrons. The van der Waals surface area contributed by atoms with E-state index in [1.165, 1.54) is 0 Å². The average Bonchev–Trinajstić information content (AvgIpc) is 2.70. The average molecular weight is 345 g/mol. The number of carbonyl (C=O) groups is 1. The van der Waals surface area contributed by atoms with E-state index < -0.39 is 0 Å². The van der Waals surface area contributed by atoms with E-state index >= 15 is 0 Å². The van der Waals surface area contributed by atoms with Crippen LogP contribution in [0.2, 0.25) is 0 Å². The molecule has 3 heteroatoms. The lowest BCUT2D eigenvalue weighted by atomic mass is 9.90. The van der Waals surface area contributed by atoms with Crippen molar-refractivity contribution in [2.24, 2.45) is 0 Å².